The Bertz CT molecular complexity index is 647. The van der Waals surface area contributed by atoms with Crippen LogP contribution in [0.5, 0.6) is 0 Å². The number of hydrogen-bond acceptors (Lipinski definition) is 5. The van der Waals surface area contributed by atoms with Crippen LogP contribution in [0, 0.1) is 20.8 Å². The molecule has 0 fully saturated rings. The molecule has 2 heterocycles. The lowest BCUT2D eigenvalue weighted by Crippen LogP contribution is -2.29. The van der Waals surface area contributed by atoms with Gasteiger partial charge in [0.25, 0.3) is 0 Å². The van der Waals surface area contributed by atoms with E-state index in [0.717, 1.165) is 16.1 Å². The molecule has 0 atom stereocenters. The van der Waals surface area contributed by atoms with E-state index in [1.54, 1.807) is 25.3 Å². The normalized spacial score (nSPS) is 10.2. The van der Waals surface area contributed by atoms with Gasteiger partial charge in [0, 0.05) is 11.1 Å². The Kier molecular flexibility index (Phi) is 4.09. The summed E-state index contributed by atoms with van der Waals surface area (Å²) in [5.41, 5.74) is 1.63. The van der Waals surface area contributed by atoms with Crippen LogP contribution in [0.4, 0.5) is 10.9 Å². The molecular formula is C13H14N4O2S. The van der Waals surface area contributed by atoms with E-state index in [1.165, 1.54) is 11.3 Å². The average Bonchev–Trinajstić information content (AvgIpc) is 2.71. The van der Waals surface area contributed by atoms with Crippen molar-refractivity contribution in [3.05, 3.63) is 34.5 Å². The number of aromatic nitrogens is 2. The fourth-order valence-corrected chi connectivity index (χ4v) is 2.27. The number of carbonyl (C=O) groups excluding carboxylic acids is 2. The van der Waals surface area contributed by atoms with Crippen LogP contribution in [0.2, 0.25) is 0 Å². The molecule has 0 radical (unpaired) electrons. The molecule has 0 unspecified atom stereocenters. The molecule has 2 aromatic rings. The number of nitrogens with one attached hydrogen (secondary N) is 2. The Morgan fingerprint density at radius 2 is 1.85 bits per heavy atom. The molecule has 0 aliphatic rings. The zero-order valence-electron chi connectivity index (χ0n) is 11.4. The Balaban J connectivity index is 2.02. The van der Waals surface area contributed by atoms with Crippen LogP contribution in [-0.2, 0) is 9.59 Å². The second kappa shape index (κ2) is 5.79. The van der Waals surface area contributed by atoms with E-state index in [0.29, 0.717) is 10.9 Å². The quantitative estimate of drug-likeness (QED) is 0.829. The number of aryl methyl sites for hydroxylation is 3. The highest BCUT2D eigenvalue weighted by Gasteiger charge is 2.17. The molecule has 0 spiro atoms. The van der Waals surface area contributed by atoms with E-state index < -0.39 is 11.8 Å². The van der Waals surface area contributed by atoms with Gasteiger partial charge in [-0.2, -0.15) is 0 Å². The van der Waals surface area contributed by atoms with Crippen LogP contribution in [0.3, 0.4) is 0 Å². The molecule has 2 aromatic heterocycles. The van der Waals surface area contributed by atoms with Gasteiger partial charge in [-0.15, -0.1) is 11.3 Å². The third kappa shape index (κ3) is 3.18. The van der Waals surface area contributed by atoms with Crippen LogP contribution in [0.15, 0.2) is 18.3 Å². The molecule has 2 amide bonds. The van der Waals surface area contributed by atoms with Crippen LogP contribution in [0.1, 0.15) is 16.1 Å². The smallest absolute Gasteiger partial charge is 0.302 e. The van der Waals surface area contributed by atoms with Crippen molar-refractivity contribution in [1.29, 1.82) is 0 Å². The Morgan fingerprint density at radius 1 is 1.15 bits per heavy atom. The molecular weight excluding hydrogens is 276 g/mol. The molecule has 104 valence electrons. The van der Waals surface area contributed by atoms with Gasteiger partial charge in [-0.1, -0.05) is 6.07 Å². The van der Waals surface area contributed by atoms with E-state index >= 15 is 0 Å². The Morgan fingerprint density at radius 3 is 2.45 bits per heavy atom. The van der Waals surface area contributed by atoms with Crippen molar-refractivity contribution in [3.8, 4) is 0 Å². The fraction of sp³-hybridized carbons (Fsp3) is 0.231. The van der Waals surface area contributed by atoms with Crippen molar-refractivity contribution in [2.75, 3.05) is 10.6 Å². The maximum absolute atomic E-state index is 11.8. The lowest BCUT2D eigenvalue weighted by Gasteiger charge is -2.06. The summed E-state index contributed by atoms with van der Waals surface area (Å²) in [5.74, 6) is -1.15. The van der Waals surface area contributed by atoms with E-state index in [-0.39, 0.29) is 0 Å². The SMILES string of the molecule is Cc1cccnc1NC(=O)C(=O)Nc1nc(C)c(C)s1. The van der Waals surface area contributed by atoms with Gasteiger partial charge >= 0.3 is 11.8 Å². The van der Waals surface area contributed by atoms with Crippen molar-refractivity contribution in [3.63, 3.8) is 0 Å². The van der Waals surface area contributed by atoms with Crippen molar-refractivity contribution < 1.29 is 9.59 Å². The predicted octanol–water partition coefficient (Wildman–Crippen LogP) is 2.04. The van der Waals surface area contributed by atoms with E-state index in [9.17, 15) is 9.59 Å². The molecule has 0 saturated heterocycles. The van der Waals surface area contributed by atoms with Crippen molar-refractivity contribution in [2.24, 2.45) is 0 Å². The first kappa shape index (κ1) is 14.1. The van der Waals surface area contributed by atoms with E-state index in [1.807, 2.05) is 13.8 Å². The molecule has 20 heavy (non-hydrogen) atoms. The minimum Gasteiger partial charge on any atom is -0.302 e. The second-order valence-corrected chi connectivity index (χ2v) is 5.44. The third-order valence-corrected chi connectivity index (χ3v) is 3.68. The summed E-state index contributed by atoms with van der Waals surface area (Å²) in [5, 5.41) is 5.35. The first-order valence-corrected chi connectivity index (χ1v) is 6.77. The highest BCUT2D eigenvalue weighted by molar-refractivity contribution is 7.15. The minimum atomic E-state index is -0.766. The summed E-state index contributed by atoms with van der Waals surface area (Å²) in [6.45, 7) is 5.55. The zero-order valence-corrected chi connectivity index (χ0v) is 12.2. The number of amides is 2. The molecule has 0 aromatic carbocycles. The molecule has 7 heteroatoms. The summed E-state index contributed by atoms with van der Waals surface area (Å²) >= 11 is 1.33. The first-order chi connectivity index (χ1) is 9.47. The van der Waals surface area contributed by atoms with Crippen LogP contribution < -0.4 is 10.6 Å². The maximum Gasteiger partial charge on any atom is 0.315 e. The topological polar surface area (TPSA) is 84.0 Å². The molecule has 0 saturated carbocycles. The Hall–Kier alpha value is -2.28. The van der Waals surface area contributed by atoms with Crippen molar-refractivity contribution >= 4 is 34.1 Å². The number of rotatable bonds is 2. The largest absolute Gasteiger partial charge is 0.315 e. The predicted molar refractivity (Wildman–Crippen MR) is 77.8 cm³/mol. The highest BCUT2D eigenvalue weighted by atomic mass is 32.1. The first-order valence-electron chi connectivity index (χ1n) is 5.95. The number of pyridine rings is 1. The molecule has 0 bridgehead atoms. The lowest BCUT2D eigenvalue weighted by atomic mass is 10.3. The average molecular weight is 290 g/mol. The van der Waals surface area contributed by atoms with Crippen LogP contribution in [0.25, 0.3) is 0 Å². The molecule has 2 N–H and O–H groups in total. The van der Waals surface area contributed by atoms with E-state index in [4.69, 9.17) is 0 Å². The number of anilines is 2. The van der Waals surface area contributed by atoms with Crippen LogP contribution in [-0.4, -0.2) is 21.8 Å². The third-order valence-electron chi connectivity index (χ3n) is 2.70. The molecule has 2 rings (SSSR count). The molecule has 0 aliphatic heterocycles. The number of hydrogen-bond donors (Lipinski definition) is 2. The second-order valence-electron chi connectivity index (χ2n) is 4.24. The van der Waals surface area contributed by atoms with Gasteiger partial charge in [0.2, 0.25) is 0 Å². The van der Waals surface area contributed by atoms with E-state index in [2.05, 4.69) is 20.6 Å². The fourth-order valence-electron chi connectivity index (χ4n) is 1.46. The van der Waals surface area contributed by atoms with Gasteiger partial charge < -0.3 is 5.32 Å². The number of nitrogens with zero attached hydrogens (tertiary/aromatic N) is 2. The van der Waals surface area contributed by atoms with Gasteiger partial charge in [-0.25, -0.2) is 9.97 Å². The van der Waals surface area contributed by atoms with Gasteiger partial charge in [0.05, 0.1) is 5.69 Å². The van der Waals surface area contributed by atoms with Gasteiger partial charge in [-0.05, 0) is 32.4 Å². The lowest BCUT2D eigenvalue weighted by molar-refractivity contribution is -0.133. The van der Waals surface area contributed by atoms with Crippen molar-refractivity contribution in [1.82, 2.24) is 9.97 Å². The summed E-state index contributed by atoms with van der Waals surface area (Å²) in [4.78, 5) is 32.7. The number of thiazole rings is 1. The molecule has 0 aliphatic carbocycles. The van der Waals surface area contributed by atoms with Crippen LogP contribution >= 0.6 is 11.3 Å². The standard InChI is InChI=1S/C13H14N4O2S/c1-7-5-4-6-14-10(7)16-11(18)12(19)17-13-15-8(2)9(3)20-13/h4-6H,1-3H3,(H,14,16,18)(H,15,17,19). The summed E-state index contributed by atoms with van der Waals surface area (Å²) in [6, 6.07) is 3.56. The zero-order chi connectivity index (χ0) is 14.7. The summed E-state index contributed by atoms with van der Waals surface area (Å²) in [7, 11) is 0. The molecule has 6 nitrogen and oxygen atoms in total. The van der Waals surface area contributed by atoms with Gasteiger partial charge in [-0.3, -0.25) is 14.9 Å². The summed E-state index contributed by atoms with van der Waals surface area (Å²) in [6.07, 6.45) is 1.55. The maximum atomic E-state index is 11.8. The van der Waals surface area contributed by atoms with Crippen molar-refractivity contribution in [2.45, 2.75) is 20.8 Å². The van der Waals surface area contributed by atoms with Gasteiger partial charge in [0.15, 0.2) is 5.13 Å². The number of carbonyl (C=O) groups is 2. The minimum absolute atomic E-state index is 0.374. The monoisotopic (exact) mass is 290 g/mol. The Labute approximate surface area is 120 Å². The summed E-state index contributed by atoms with van der Waals surface area (Å²) < 4.78 is 0. The highest BCUT2D eigenvalue weighted by Crippen LogP contribution is 2.21. The van der Waals surface area contributed by atoms with Gasteiger partial charge in [0.1, 0.15) is 5.82 Å².